The van der Waals surface area contributed by atoms with Crippen LogP contribution in [0, 0.1) is 6.92 Å². The smallest absolute Gasteiger partial charge is 0.142 e. The Morgan fingerprint density at radius 1 is 1.21 bits per heavy atom. The highest BCUT2D eigenvalue weighted by Gasteiger charge is 2.12. The zero-order chi connectivity index (χ0) is 13.4. The molecule has 96 valence electrons. The summed E-state index contributed by atoms with van der Waals surface area (Å²) in [4.78, 5) is 10.1. The number of fused-ring (bicyclic) bond motifs is 1. The molecule has 0 radical (unpaired) electrons. The molecule has 4 heteroatoms. The van der Waals surface area contributed by atoms with Crippen LogP contribution in [-0.2, 0) is 7.05 Å². The van der Waals surface area contributed by atoms with E-state index in [4.69, 9.17) is 4.98 Å². The molecule has 0 atom stereocenters. The molecule has 0 amide bonds. The highest BCUT2D eigenvalue weighted by Crippen LogP contribution is 2.30. The summed E-state index contributed by atoms with van der Waals surface area (Å²) in [7, 11) is 2.06. The van der Waals surface area contributed by atoms with Gasteiger partial charge in [-0.25, -0.2) is 4.98 Å². The predicted molar refractivity (Wildman–Crippen MR) is 80.5 cm³/mol. The monoisotopic (exact) mass is 269 g/mol. The lowest BCUT2D eigenvalue weighted by molar-refractivity contribution is 0.953. The summed E-state index contributed by atoms with van der Waals surface area (Å²) < 4.78 is 2.14. The molecule has 0 aliphatic carbocycles. The molecular formula is C15H15N3S. The van der Waals surface area contributed by atoms with Crippen LogP contribution >= 0.6 is 11.8 Å². The van der Waals surface area contributed by atoms with Crippen molar-refractivity contribution in [2.75, 3.05) is 6.26 Å². The van der Waals surface area contributed by atoms with Gasteiger partial charge < -0.3 is 4.57 Å². The van der Waals surface area contributed by atoms with E-state index in [0.717, 1.165) is 27.3 Å². The molecule has 2 heterocycles. The standard InChI is InChI=1S/C15H15N3S/c1-10-4-5-13-12(8-10)17-15(18(13)2)11-6-7-16-9-14(11)19-3/h4-9H,1-3H3. The van der Waals surface area contributed by atoms with Gasteiger partial charge in [0, 0.05) is 29.9 Å². The van der Waals surface area contributed by atoms with Crippen LogP contribution in [0.2, 0.25) is 0 Å². The van der Waals surface area contributed by atoms with Crippen LogP contribution in [0.15, 0.2) is 41.6 Å². The van der Waals surface area contributed by atoms with E-state index in [9.17, 15) is 0 Å². The van der Waals surface area contributed by atoms with Crippen molar-refractivity contribution in [2.24, 2.45) is 7.05 Å². The molecule has 3 aromatic rings. The van der Waals surface area contributed by atoms with Crippen molar-refractivity contribution in [3.8, 4) is 11.4 Å². The quantitative estimate of drug-likeness (QED) is 0.665. The van der Waals surface area contributed by atoms with Gasteiger partial charge in [0.1, 0.15) is 5.82 Å². The highest BCUT2D eigenvalue weighted by molar-refractivity contribution is 7.98. The van der Waals surface area contributed by atoms with Crippen molar-refractivity contribution in [3.63, 3.8) is 0 Å². The number of nitrogens with zero attached hydrogens (tertiary/aromatic N) is 3. The molecule has 0 spiro atoms. The van der Waals surface area contributed by atoms with E-state index in [0.29, 0.717) is 0 Å². The Balaban J connectivity index is 2.28. The molecule has 19 heavy (non-hydrogen) atoms. The van der Waals surface area contributed by atoms with Gasteiger partial charge in [-0.15, -0.1) is 11.8 Å². The lowest BCUT2D eigenvalue weighted by Crippen LogP contribution is -1.94. The number of rotatable bonds is 2. The fraction of sp³-hybridized carbons (Fsp3) is 0.200. The van der Waals surface area contributed by atoms with E-state index in [1.807, 2.05) is 18.5 Å². The lowest BCUT2D eigenvalue weighted by Gasteiger charge is -2.06. The Morgan fingerprint density at radius 3 is 2.84 bits per heavy atom. The van der Waals surface area contributed by atoms with Crippen LogP contribution in [0.5, 0.6) is 0 Å². The highest BCUT2D eigenvalue weighted by atomic mass is 32.2. The van der Waals surface area contributed by atoms with Gasteiger partial charge in [-0.3, -0.25) is 4.98 Å². The summed E-state index contributed by atoms with van der Waals surface area (Å²) in [6.07, 6.45) is 5.78. The Morgan fingerprint density at radius 2 is 2.05 bits per heavy atom. The van der Waals surface area contributed by atoms with Crippen LogP contribution in [0.25, 0.3) is 22.4 Å². The van der Waals surface area contributed by atoms with E-state index in [1.165, 1.54) is 5.56 Å². The molecule has 0 saturated heterocycles. The average molecular weight is 269 g/mol. The van der Waals surface area contributed by atoms with Crippen molar-refractivity contribution in [1.82, 2.24) is 14.5 Å². The maximum Gasteiger partial charge on any atom is 0.142 e. The first-order valence-corrected chi connectivity index (χ1v) is 7.34. The van der Waals surface area contributed by atoms with E-state index in [1.54, 1.807) is 11.8 Å². The zero-order valence-electron chi connectivity index (χ0n) is 11.2. The van der Waals surface area contributed by atoms with Gasteiger partial charge in [0.25, 0.3) is 0 Å². The fourth-order valence-corrected chi connectivity index (χ4v) is 2.82. The summed E-state index contributed by atoms with van der Waals surface area (Å²) >= 11 is 1.70. The number of imidazole rings is 1. The maximum absolute atomic E-state index is 4.77. The van der Waals surface area contributed by atoms with Crippen molar-refractivity contribution in [2.45, 2.75) is 11.8 Å². The number of thioether (sulfide) groups is 1. The van der Waals surface area contributed by atoms with Crippen molar-refractivity contribution >= 4 is 22.8 Å². The maximum atomic E-state index is 4.77. The third-order valence-electron chi connectivity index (χ3n) is 3.28. The van der Waals surface area contributed by atoms with Crippen molar-refractivity contribution < 1.29 is 0 Å². The van der Waals surface area contributed by atoms with Crippen molar-refractivity contribution in [3.05, 3.63) is 42.2 Å². The molecular weight excluding hydrogens is 254 g/mol. The van der Waals surface area contributed by atoms with Gasteiger partial charge in [0.15, 0.2) is 0 Å². The SMILES string of the molecule is CSc1cnccc1-c1nc2cc(C)ccc2n1C. The Kier molecular flexibility index (Phi) is 3.03. The Bertz CT molecular complexity index is 746. The first-order valence-electron chi connectivity index (χ1n) is 6.12. The Labute approximate surface area is 116 Å². The molecule has 3 nitrogen and oxygen atoms in total. The number of pyridine rings is 1. The second-order valence-corrected chi connectivity index (χ2v) is 5.41. The number of aromatic nitrogens is 3. The van der Waals surface area contributed by atoms with Crippen LogP contribution in [0.3, 0.4) is 0 Å². The molecule has 0 unspecified atom stereocenters. The molecule has 3 rings (SSSR count). The van der Waals surface area contributed by atoms with Gasteiger partial charge in [-0.05, 0) is 36.9 Å². The van der Waals surface area contributed by atoms with Gasteiger partial charge in [-0.2, -0.15) is 0 Å². The molecule has 0 aliphatic rings. The summed E-state index contributed by atoms with van der Waals surface area (Å²) in [6.45, 7) is 2.09. The molecule has 0 fully saturated rings. The number of benzene rings is 1. The summed E-state index contributed by atoms with van der Waals surface area (Å²) in [5.74, 6) is 0.993. The van der Waals surface area contributed by atoms with Crippen molar-refractivity contribution in [1.29, 1.82) is 0 Å². The van der Waals surface area contributed by atoms with Crippen LogP contribution in [0.1, 0.15) is 5.56 Å². The largest absolute Gasteiger partial charge is 0.327 e. The number of hydrogen-bond acceptors (Lipinski definition) is 3. The molecule has 0 bridgehead atoms. The average Bonchev–Trinajstić information content (AvgIpc) is 2.75. The minimum absolute atomic E-state index is 0.993. The summed E-state index contributed by atoms with van der Waals surface area (Å²) in [5.41, 5.74) is 4.57. The van der Waals surface area contributed by atoms with Gasteiger partial charge in [0.2, 0.25) is 0 Å². The first kappa shape index (κ1) is 12.2. The Hall–Kier alpha value is -1.81. The summed E-state index contributed by atoms with van der Waals surface area (Å²) in [5, 5.41) is 0. The number of hydrogen-bond donors (Lipinski definition) is 0. The first-order chi connectivity index (χ1) is 9.20. The molecule has 0 N–H and O–H groups in total. The van der Waals surface area contributed by atoms with Crippen LogP contribution in [0.4, 0.5) is 0 Å². The normalized spacial score (nSPS) is 11.1. The third-order valence-corrected chi connectivity index (χ3v) is 4.05. The van der Waals surface area contributed by atoms with Crippen LogP contribution in [-0.4, -0.2) is 20.8 Å². The fourth-order valence-electron chi connectivity index (χ4n) is 2.28. The van der Waals surface area contributed by atoms with Crippen LogP contribution < -0.4 is 0 Å². The number of aryl methyl sites for hydroxylation is 2. The second kappa shape index (κ2) is 4.70. The van der Waals surface area contributed by atoms with Gasteiger partial charge >= 0.3 is 0 Å². The minimum Gasteiger partial charge on any atom is -0.327 e. The molecule has 0 aliphatic heterocycles. The lowest BCUT2D eigenvalue weighted by atomic mass is 10.2. The van der Waals surface area contributed by atoms with E-state index in [2.05, 4.69) is 48.0 Å². The third kappa shape index (κ3) is 2.02. The van der Waals surface area contributed by atoms with Gasteiger partial charge in [-0.1, -0.05) is 6.07 Å². The molecule has 1 aromatic carbocycles. The predicted octanol–water partition coefficient (Wildman–Crippen LogP) is 3.67. The molecule has 0 saturated carbocycles. The van der Waals surface area contributed by atoms with E-state index in [-0.39, 0.29) is 0 Å². The molecule has 2 aromatic heterocycles. The van der Waals surface area contributed by atoms with Gasteiger partial charge in [0.05, 0.1) is 11.0 Å². The van der Waals surface area contributed by atoms with E-state index >= 15 is 0 Å². The van der Waals surface area contributed by atoms with E-state index < -0.39 is 0 Å². The topological polar surface area (TPSA) is 30.7 Å². The second-order valence-electron chi connectivity index (χ2n) is 4.56. The zero-order valence-corrected chi connectivity index (χ0v) is 12.0. The summed E-state index contributed by atoms with van der Waals surface area (Å²) in [6, 6.07) is 8.40. The minimum atomic E-state index is 0.993.